The molecule has 2 bridgehead atoms. The molecule has 0 aromatic carbocycles. The van der Waals surface area contributed by atoms with Crippen molar-refractivity contribution in [1.82, 2.24) is 0 Å². The van der Waals surface area contributed by atoms with Gasteiger partial charge >= 0.3 is 0 Å². The second-order valence-electron chi connectivity index (χ2n) is 6.99. The summed E-state index contributed by atoms with van der Waals surface area (Å²) in [5, 5.41) is 0. The van der Waals surface area contributed by atoms with Gasteiger partial charge in [0.15, 0.2) is 0 Å². The van der Waals surface area contributed by atoms with Gasteiger partial charge in [-0.2, -0.15) is 0 Å². The minimum absolute atomic E-state index is 0.571. The van der Waals surface area contributed by atoms with Crippen LogP contribution in [0.4, 0.5) is 0 Å². The molecule has 84 valence electrons. The lowest BCUT2D eigenvalue weighted by Gasteiger charge is -2.36. The Labute approximate surface area is 94.1 Å². The maximum absolute atomic E-state index is 2.57. The molecule has 0 radical (unpaired) electrons. The van der Waals surface area contributed by atoms with E-state index in [9.17, 15) is 0 Å². The molecule has 0 aromatic heterocycles. The highest BCUT2D eigenvalue weighted by Gasteiger charge is 2.62. The molecule has 15 heavy (non-hydrogen) atoms. The Balaban J connectivity index is 2.11. The zero-order valence-electron chi connectivity index (χ0n) is 10.6. The first-order valence-corrected chi connectivity index (χ1v) is 6.65. The van der Waals surface area contributed by atoms with E-state index in [-0.39, 0.29) is 0 Å². The number of rotatable bonds is 0. The highest BCUT2D eigenvalue weighted by atomic mass is 14.7. The monoisotopic (exact) mass is 204 g/mol. The van der Waals surface area contributed by atoms with Crippen molar-refractivity contribution >= 4 is 0 Å². The van der Waals surface area contributed by atoms with E-state index in [2.05, 4.69) is 33.8 Å². The first-order chi connectivity index (χ1) is 6.98. The molecular formula is C15H24. The second-order valence-corrected chi connectivity index (χ2v) is 6.99. The van der Waals surface area contributed by atoms with Gasteiger partial charge in [0.2, 0.25) is 0 Å². The van der Waals surface area contributed by atoms with Gasteiger partial charge in [-0.3, -0.25) is 0 Å². The normalized spacial score (nSPS) is 51.5. The maximum Gasteiger partial charge on any atom is -0.0146 e. The molecule has 3 aliphatic rings. The highest BCUT2D eigenvalue weighted by Crippen LogP contribution is 2.71. The summed E-state index contributed by atoms with van der Waals surface area (Å²) in [5.41, 5.74) is 2.96. The SMILES string of the molecule is CC1=CC[C@]23CC1C(C)(C)[C@@H]2CC[C@H]3C. The van der Waals surface area contributed by atoms with Crippen LogP contribution in [0.15, 0.2) is 11.6 Å². The van der Waals surface area contributed by atoms with Crippen molar-refractivity contribution in [3.05, 3.63) is 11.6 Å². The quantitative estimate of drug-likeness (QED) is 0.513. The first kappa shape index (κ1) is 9.93. The minimum atomic E-state index is 0.571. The van der Waals surface area contributed by atoms with Crippen LogP contribution < -0.4 is 0 Å². The average Bonchev–Trinajstić information content (AvgIpc) is 2.57. The third-order valence-corrected chi connectivity index (χ3v) is 6.30. The summed E-state index contributed by atoms with van der Waals surface area (Å²) >= 11 is 0. The summed E-state index contributed by atoms with van der Waals surface area (Å²) < 4.78 is 0. The van der Waals surface area contributed by atoms with Crippen molar-refractivity contribution in [1.29, 1.82) is 0 Å². The molecule has 1 spiro atoms. The zero-order chi connectivity index (χ0) is 10.8. The van der Waals surface area contributed by atoms with Crippen LogP contribution in [0.25, 0.3) is 0 Å². The van der Waals surface area contributed by atoms with Gasteiger partial charge in [-0.15, -0.1) is 0 Å². The Bertz CT molecular complexity index is 323. The molecule has 2 fully saturated rings. The van der Waals surface area contributed by atoms with Gasteiger partial charge in [0.1, 0.15) is 0 Å². The third kappa shape index (κ3) is 0.990. The van der Waals surface area contributed by atoms with Crippen LogP contribution in [0.5, 0.6) is 0 Å². The van der Waals surface area contributed by atoms with Crippen LogP contribution >= 0.6 is 0 Å². The maximum atomic E-state index is 2.57. The first-order valence-electron chi connectivity index (χ1n) is 6.65. The molecule has 0 N–H and O–H groups in total. The van der Waals surface area contributed by atoms with E-state index in [1.165, 1.54) is 25.7 Å². The summed E-state index contributed by atoms with van der Waals surface area (Å²) in [5.74, 6) is 2.86. The van der Waals surface area contributed by atoms with Gasteiger partial charge in [-0.05, 0) is 61.2 Å². The Morgan fingerprint density at radius 2 is 2.00 bits per heavy atom. The summed E-state index contributed by atoms with van der Waals surface area (Å²) in [7, 11) is 0. The van der Waals surface area contributed by atoms with E-state index in [4.69, 9.17) is 0 Å². The second kappa shape index (κ2) is 2.70. The van der Waals surface area contributed by atoms with E-state index < -0.39 is 0 Å². The van der Waals surface area contributed by atoms with Crippen LogP contribution in [-0.4, -0.2) is 0 Å². The van der Waals surface area contributed by atoms with E-state index in [1.54, 1.807) is 5.57 Å². The van der Waals surface area contributed by atoms with Gasteiger partial charge in [0.05, 0.1) is 0 Å². The lowest BCUT2D eigenvalue weighted by atomic mass is 9.68. The number of allylic oxidation sites excluding steroid dienone is 2. The zero-order valence-corrected chi connectivity index (χ0v) is 10.6. The van der Waals surface area contributed by atoms with Crippen LogP contribution in [-0.2, 0) is 0 Å². The lowest BCUT2D eigenvalue weighted by Crippen LogP contribution is -2.30. The topological polar surface area (TPSA) is 0 Å². The average molecular weight is 204 g/mol. The number of fused-ring (bicyclic) bond motifs is 1. The van der Waals surface area contributed by atoms with Gasteiger partial charge in [-0.25, -0.2) is 0 Å². The number of hydrogen-bond donors (Lipinski definition) is 0. The Morgan fingerprint density at radius 1 is 1.27 bits per heavy atom. The molecule has 0 heteroatoms. The molecule has 0 aliphatic heterocycles. The molecule has 0 saturated heterocycles. The summed E-state index contributed by atoms with van der Waals surface area (Å²) in [6, 6.07) is 0. The van der Waals surface area contributed by atoms with Crippen molar-refractivity contribution in [2.75, 3.05) is 0 Å². The highest BCUT2D eigenvalue weighted by molar-refractivity contribution is 5.25. The fourth-order valence-corrected chi connectivity index (χ4v) is 5.35. The fourth-order valence-electron chi connectivity index (χ4n) is 5.35. The molecule has 1 unspecified atom stereocenters. The van der Waals surface area contributed by atoms with Gasteiger partial charge in [0, 0.05) is 0 Å². The smallest absolute Gasteiger partial charge is 0.0146 e. The van der Waals surface area contributed by atoms with Gasteiger partial charge < -0.3 is 0 Å². The third-order valence-electron chi connectivity index (χ3n) is 6.30. The van der Waals surface area contributed by atoms with Crippen molar-refractivity contribution in [2.45, 2.75) is 53.4 Å². The van der Waals surface area contributed by atoms with Crippen LogP contribution in [0.2, 0.25) is 0 Å². The molecule has 4 atom stereocenters. The van der Waals surface area contributed by atoms with Crippen molar-refractivity contribution < 1.29 is 0 Å². The largest absolute Gasteiger partial charge is 0.0847 e. The summed E-state index contributed by atoms with van der Waals surface area (Å²) in [4.78, 5) is 0. The van der Waals surface area contributed by atoms with E-state index in [1.807, 2.05) is 0 Å². The molecule has 2 saturated carbocycles. The van der Waals surface area contributed by atoms with Crippen LogP contribution in [0.3, 0.4) is 0 Å². The van der Waals surface area contributed by atoms with Crippen molar-refractivity contribution in [3.63, 3.8) is 0 Å². The Hall–Kier alpha value is -0.260. The standard InChI is InChI=1S/C15H24/c1-10-7-8-15-9-12(10)14(3,4)13(15)6-5-11(15)2/h7,11-13H,5-6,8-9H2,1-4H3/t11-,12?,13+,15-/m1/s1. The molecule has 3 aliphatic carbocycles. The van der Waals surface area contributed by atoms with Crippen LogP contribution in [0, 0.1) is 28.6 Å². The molecule has 0 nitrogen and oxygen atoms in total. The van der Waals surface area contributed by atoms with Crippen molar-refractivity contribution in [3.8, 4) is 0 Å². The summed E-state index contributed by atoms with van der Waals surface area (Å²) in [6.45, 7) is 9.94. The number of hydrogen-bond acceptors (Lipinski definition) is 0. The van der Waals surface area contributed by atoms with Crippen molar-refractivity contribution in [2.24, 2.45) is 28.6 Å². The molecule has 0 aromatic rings. The van der Waals surface area contributed by atoms with E-state index in [0.29, 0.717) is 10.8 Å². The molecule has 0 heterocycles. The predicted octanol–water partition coefficient (Wildman–Crippen LogP) is 4.42. The lowest BCUT2D eigenvalue weighted by molar-refractivity contribution is 0.128. The van der Waals surface area contributed by atoms with Gasteiger partial charge in [-0.1, -0.05) is 32.4 Å². The molecular weight excluding hydrogens is 180 g/mol. The Morgan fingerprint density at radius 3 is 2.73 bits per heavy atom. The van der Waals surface area contributed by atoms with Gasteiger partial charge in [0.25, 0.3) is 0 Å². The predicted molar refractivity (Wildman–Crippen MR) is 64.6 cm³/mol. The van der Waals surface area contributed by atoms with Crippen LogP contribution in [0.1, 0.15) is 53.4 Å². The minimum Gasteiger partial charge on any atom is -0.0847 e. The Kier molecular flexibility index (Phi) is 1.79. The summed E-state index contributed by atoms with van der Waals surface area (Å²) in [6.07, 6.45) is 8.41. The molecule has 3 rings (SSSR count). The van der Waals surface area contributed by atoms with E-state index in [0.717, 1.165) is 17.8 Å². The fraction of sp³-hybridized carbons (Fsp3) is 0.867. The van der Waals surface area contributed by atoms with E-state index >= 15 is 0 Å². The molecule has 0 amide bonds.